The standard InChI is InChI=1S/C11H13N3O2/c1-3-7-5-8(11(15)16)9-6-12-14(4-2)10(9)13-7/h5-6H,3-4H2,1-2H3,(H,15,16). The van der Waals surface area contributed by atoms with E-state index in [1.165, 1.54) is 0 Å². The summed E-state index contributed by atoms with van der Waals surface area (Å²) in [5.41, 5.74) is 1.71. The molecule has 0 unspecified atom stereocenters. The van der Waals surface area contributed by atoms with Crippen LogP contribution in [0.4, 0.5) is 0 Å². The summed E-state index contributed by atoms with van der Waals surface area (Å²) in [7, 11) is 0. The largest absolute Gasteiger partial charge is 0.478 e. The number of carboxylic acids is 1. The number of hydrogen-bond acceptors (Lipinski definition) is 3. The van der Waals surface area contributed by atoms with Crippen LogP contribution in [0.5, 0.6) is 0 Å². The molecule has 0 aliphatic rings. The van der Waals surface area contributed by atoms with Crippen LogP contribution in [0, 0.1) is 0 Å². The quantitative estimate of drug-likeness (QED) is 0.853. The predicted molar refractivity (Wildman–Crippen MR) is 59.5 cm³/mol. The van der Waals surface area contributed by atoms with Gasteiger partial charge in [0.15, 0.2) is 5.65 Å². The number of hydrogen-bond donors (Lipinski definition) is 1. The molecular weight excluding hydrogens is 206 g/mol. The Bertz CT molecular complexity index is 545. The highest BCUT2D eigenvalue weighted by Crippen LogP contribution is 2.18. The van der Waals surface area contributed by atoms with Crippen molar-refractivity contribution in [3.05, 3.63) is 23.5 Å². The van der Waals surface area contributed by atoms with Crippen molar-refractivity contribution in [3.63, 3.8) is 0 Å². The van der Waals surface area contributed by atoms with Crippen molar-refractivity contribution in [1.29, 1.82) is 0 Å². The van der Waals surface area contributed by atoms with Crippen LogP contribution in [0.2, 0.25) is 0 Å². The number of carboxylic acid groups (broad SMARTS) is 1. The molecule has 0 radical (unpaired) electrons. The molecule has 0 aromatic carbocycles. The first-order chi connectivity index (χ1) is 7.67. The Labute approximate surface area is 92.7 Å². The molecule has 5 nitrogen and oxygen atoms in total. The van der Waals surface area contributed by atoms with Gasteiger partial charge in [-0.05, 0) is 19.4 Å². The van der Waals surface area contributed by atoms with Gasteiger partial charge in [0.2, 0.25) is 0 Å². The molecule has 0 aliphatic heterocycles. The summed E-state index contributed by atoms with van der Waals surface area (Å²) in [5, 5.41) is 13.8. The lowest BCUT2D eigenvalue weighted by atomic mass is 10.1. The van der Waals surface area contributed by atoms with Gasteiger partial charge >= 0.3 is 5.97 Å². The Morgan fingerprint density at radius 2 is 2.25 bits per heavy atom. The van der Waals surface area contributed by atoms with Crippen molar-refractivity contribution in [2.45, 2.75) is 26.8 Å². The number of aryl methyl sites for hydroxylation is 2. The first-order valence-corrected chi connectivity index (χ1v) is 5.26. The average Bonchev–Trinajstić information content (AvgIpc) is 2.69. The van der Waals surface area contributed by atoms with Crippen LogP contribution in [0.25, 0.3) is 11.0 Å². The minimum atomic E-state index is -0.933. The summed E-state index contributed by atoms with van der Waals surface area (Å²) in [6.45, 7) is 4.59. The molecule has 2 aromatic heterocycles. The van der Waals surface area contributed by atoms with E-state index >= 15 is 0 Å². The highest BCUT2D eigenvalue weighted by Gasteiger charge is 2.14. The van der Waals surface area contributed by atoms with E-state index in [-0.39, 0.29) is 5.56 Å². The number of aromatic carboxylic acids is 1. The van der Waals surface area contributed by atoms with Gasteiger partial charge in [-0.15, -0.1) is 0 Å². The Morgan fingerprint density at radius 3 is 2.81 bits per heavy atom. The van der Waals surface area contributed by atoms with Crippen LogP contribution < -0.4 is 0 Å². The maximum absolute atomic E-state index is 11.1. The molecule has 0 aliphatic carbocycles. The van der Waals surface area contributed by atoms with Gasteiger partial charge in [-0.25, -0.2) is 14.5 Å². The molecule has 1 N–H and O–H groups in total. The zero-order valence-electron chi connectivity index (χ0n) is 9.27. The fourth-order valence-electron chi connectivity index (χ4n) is 1.69. The maximum atomic E-state index is 11.1. The molecular formula is C11H13N3O2. The zero-order chi connectivity index (χ0) is 11.7. The molecule has 2 rings (SSSR count). The van der Waals surface area contributed by atoms with Gasteiger partial charge < -0.3 is 5.11 Å². The maximum Gasteiger partial charge on any atom is 0.336 e. The SMILES string of the molecule is CCc1cc(C(=O)O)c2cnn(CC)c2n1. The fourth-order valence-corrected chi connectivity index (χ4v) is 1.69. The summed E-state index contributed by atoms with van der Waals surface area (Å²) in [6, 6.07) is 1.62. The number of rotatable bonds is 3. The van der Waals surface area contributed by atoms with E-state index in [0.717, 1.165) is 5.69 Å². The predicted octanol–water partition coefficient (Wildman–Crippen LogP) is 1.71. The van der Waals surface area contributed by atoms with Crippen LogP contribution >= 0.6 is 0 Å². The van der Waals surface area contributed by atoms with Crippen LogP contribution in [-0.2, 0) is 13.0 Å². The van der Waals surface area contributed by atoms with Crippen molar-refractivity contribution in [2.75, 3.05) is 0 Å². The lowest BCUT2D eigenvalue weighted by molar-refractivity contribution is 0.0699. The van der Waals surface area contributed by atoms with Gasteiger partial charge in [-0.2, -0.15) is 5.10 Å². The number of pyridine rings is 1. The van der Waals surface area contributed by atoms with Gasteiger partial charge in [0.1, 0.15) is 0 Å². The Kier molecular flexibility index (Phi) is 2.60. The summed E-state index contributed by atoms with van der Waals surface area (Å²) < 4.78 is 1.71. The Balaban J connectivity index is 2.78. The molecule has 0 spiro atoms. The number of aromatic nitrogens is 3. The van der Waals surface area contributed by atoms with Crippen LogP contribution in [0.1, 0.15) is 29.9 Å². The van der Waals surface area contributed by atoms with E-state index < -0.39 is 5.97 Å². The number of carbonyl (C=O) groups is 1. The number of fused-ring (bicyclic) bond motifs is 1. The first-order valence-electron chi connectivity index (χ1n) is 5.26. The highest BCUT2D eigenvalue weighted by molar-refractivity contribution is 6.01. The molecule has 2 heterocycles. The van der Waals surface area contributed by atoms with Crippen molar-refractivity contribution < 1.29 is 9.90 Å². The lowest BCUT2D eigenvalue weighted by Crippen LogP contribution is -2.03. The monoisotopic (exact) mass is 219 g/mol. The first kappa shape index (κ1) is 10.6. The van der Waals surface area contributed by atoms with Crippen LogP contribution in [-0.4, -0.2) is 25.8 Å². The van der Waals surface area contributed by atoms with Gasteiger partial charge in [0.25, 0.3) is 0 Å². The molecule has 0 fully saturated rings. The molecule has 0 saturated heterocycles. The summed E-state index contributed by atoms with van der Waals surface area (Å²) in [6.07, 6.45) is 2.28. The molecule has 0 bridgehead atoms. The minimum absolute atomic E-state index is 0.279. The second-order valence-corrected chi connectivity index (χ2v) is 3.52. The highest BCUT2D eigenvalue weighted by atomic mass is 16.4. The number of nitrogens with zero attached hydrogens (tertiary/aromatic N) is 3. The van der Waals surface area contributed by atoms with Crippen LogP contribution in [0.15, 0.2) is 12.3 Å². The van der Waals surface area contributed by atoms with Gasteiger partial charge in [0.05, 0.1) is 17.1 Å². The van der Waals surface area contributed by atoms with E-state index in [0.29, 0.717) is 24.0 Å². The molecule has 0 amide bonds. The Morgan fingerprint density at radius 1 is 1.50 bits per heavy atom. The van der Waals surface area contributed by atoms with E-state index in [9.17, 15) is 4.79 Å². The van der Waals surface area contributed by atoms with Gasteiger partial charge in [0, 0.05) is 12.2 Å². The summed E-state index contributed by atoms with van der Waals surface area (Å²) in [5.74, 6) is -0.933. The van der Waals surface area contributed by atoms with E-state index in [4.69, 9.17) is 5.11 Å². The smallest absolute Gasteiger partial charge is 0.336 e. The Hall–Kier alpha value is -1.91. The van der Waals surface area contributed by atoms with E-state index in [1.807, 2.05) is 13.8 Å². The molecule has 16 heavy (non-hydrogen) atoms. The second-order valence-electron chi connectivity index (χ2n) is 3.52. The summed E-state index contributed by atoms with van der Waals surface area (Å²) >= 11 is 0. The van der Waals surface area contributed by atoms with Gasteiger partial charge in [-0.3, -0.25) is 0 Å². The zero-order valence-corrected chi connectivity index (χ0v) is 9.27. The third kappa shape index (κ3) is 1.54. The molecule has 2 aromatic rings. The van der Waals surface area contributed by atoms with Crippen molar-refractivity contribution >= 4 is 17.0 Å². The molecule has 0 saturated carbocycles. The lowest BCUT2D eigenvalue weighted by Gasteiger charge is -2.03. The summed E-state index contributed by atoms with van der Waals surface area (Å²) in [4.78, 5) is 15.5. The van der Waals surface area contributed by atoms with Crippen LogP contribution in [0.3, 0.4) is 0 Å². The topological polar surface area (TPSA) is 68.0 Å². The third-order valence-electron chi connectivity index (χ3n) is 2.55. The molecule has 0 atom stereocenters. The third-order valence-corrected chi connectivity index (χ3v) is 2.55. The van der Waals surface area contributed by atoms with E-state index in [1.54, 1.807) is 16.9 Å². The van der Waals surface area contributed by atoms with Crippen molar-refractivity contribution in [3.8, 4) is 0 Å². The molecule has 84 valence electrons. The fraction of sp³-hybridized carbons (Fsp3) is 0.364. The van der Waals surface area contributed by atoms with Crippen molar-refractivity contribution in [1.82, 2.24) is 14.8 Å². The second kappa shape index (κ2) is 3.92. The normalized spacial score (nSPS) is 10.9. The minimum Gasteiger partial charge on any atom is -0.478 e. The van der Waals surface area contributed by atoms with E-state index in [2.05, 4.69) is 10.1 Å². The average molecular weight is 219 g/mol. The molecule has 5 heteroatoms. The van der Waals surface area contributed by atoms with Crippen molar-refractivity contribution in [2.24, 2.45) is 0 Å². The van der Waals surface area contributed by atoms with Gasteiger partial charge in [-0.1, -0.05) is 6.92 Å².